The molecule has 0 aliphatic heterocycles. The van der Waals surface area contributed by atoms with E-state index in [2.05, 4.69) is 15.3 Å². The number of thiazole rings is 2. The Balaban J connectivity index is 1.40. The van der Waals surface area contributed by atoms with Crippen molar-refractivity contribution in [3.63, 3.8) is 0 Å². The van der Waals surface area contributed by atoms with E-state index in [9.17, 15) is 4.79 Å². The molecular weight excluding hydrogens is 384 g/mol. The van der Waals surface area contributed by atoms with E-state index < -0.39 is 0 Å². The highest BCUT2D eigenvalue weighted by molar-refractivity contribution is 8.01. The van der Waals surface area contributed by atoms with Crippen molar-refractivity contribution in [3.05, 3.63) is 54.6 Å². The number of carbonyl (C=O) groups excluding carboxylic acids is 1. The second kappa shape index (κ2) is 7.45. The second-order valence-corrected chi connectivity index (χ2v) is 8.67. The van der Waals surface area contributed by atoms with Crippen LogP contribution in [0.5, 0.6) is 0 Å². The van der Waals surface area contributed by atoms with Crippen LogP contribution in [0, 0.1) is 0 Å². The summed E-state index contributed by atoms with van der Waals surface area (Å²) in [6.45, 7) is 0. The number of amides is 1. The zero-order valence-electron chi connectivity index (χ0n) is 13.5. The predicted molar refractivity (Wildman–Crippen MR) is 111 cm³/mol. The Morgan fingerprint density at radius 3 is 2.62 bits per heavy atom. The maximum atomic E-state index is 12.2. The van der Waals surface area contributed by atoms with Crippen LogP contribution in [0.25, 0.3) is 21.5 Å². The molecule has 2 aromatic carbocycles. The molecule has 0 spiro atoms. The molecule has 26 heavy (non-hydrogen) atoms. The summed E-state index contributed by atoms with van der Waals surface area (Å²) in [5.74, 6) is 0.154. The third-order valence-electron chi connectivity index (χ3n) is 3.55. The summed E-state index contributed by atoms with van der Waals surface area (Å²) in [5, 5.41) is 4.12. The summed E-state index contributed by atoms with van der Waals surface area (Å²) in [5.41, 5.74) is 8.72. The Hall–Kier alpha value is -2.42. The molecule has 0 atom stereocenters. The fourth-order valence-corrected chi connectivity index (χ4v) is 5.02. The van der Waals surface area contributed by atoms with Crippen molar-refractivity contribution in [1.82, 2.24) is 9.97 Å². The van der Waals surface area contributed by atoms with E-state index in [-0.39, 0.29) is 11.7 Å². The van der Waals surface area contributed by atoms with Crippen LogP contribution < -0.4 is 11.1 Å². The van der Waals surface area contributed by atoms with E-state index in [1.807, 2.05) is 54.6 Å². The molecule has 1 amide bonds. The normalized spacial score (nSPS) is 10.9. The summed E-state index contributed by atoms with van der Waals surface area (Å²) >= 11 is 4.24. The standard InChI is InChI=1S/C18H14N4OS3/c19-16-15(11-6-2-1-3-7-11)22-18(26-16)24-10-14(23)21-17-20-12-8-4-5-9-13(12)25-17/h1-9H,10,19H2,(H,20,21,23). The van der Waals surface area contributed by atoms with Gasteiger partial charge in [0, 0.05) is 5.56 Å². The first-order valence-electron chi connectivity index (χ1n) is 7.79. The molecule has 0 saturated heterocycles. The molecule has 3 N–H and O–H groups in total. The van der Waals surface area contributed by atoms with Gasteiger partial charge >= 0.3 is 0 Å². The number of nitrogens with zero attached hydrogens (tertiary/aromatic N) is 2. The molecule has 5 nitrogen and oxygen atoms in total. The molecule has 0 radical (unpaired) electrons. The fraction of sp³-hybridized carbons (Fsp3) is 0.0556. The van der Waals surface area contributed by atoms with Crippen LogP contribution in [0.2, 0.25) is 0 Å². The van der Waals surface area contributed by atoms with E-state index in [4.69, 9.17) is 5.73 Å². The van der Waals surface area contributed by atoms with Crippen LogP contribution >= 0.6 is 34.4 Å². The number of benzene rings is 2. The minimum atomic E-state index is -0.107. The topological polar surface area (TPSA) is 80.9 Å². The number of hydrogen-bond donors (Lipinski definition) is 2. The molecule has 4 rings (SSSR count). The first-order valence-corrected chi connectivity index (χ1v) is 10.4. The van der Waals surface area contributed by atoms with Gasteiger partial charge in [-0.05, 0) is 12.1 Å². The highest BCUT2D eigenvalue weighted by Gasteiger charge is 2.13. The van der Waals surface area contributed by atoms with Gasteiger partial charge in [-0.25, -0.2) is 9.97 Å². The average molecular weight is 399 g/mol. The molecule has 0 aliphatic carbocycles. The van der Waals surface area contributed by atoms with Gasteiger partial charge in [0.25, 0.3) is 0 Å². The van der Waals surface area contributed by atoms with Gasteiger partial charge < -0.3 is 11.1 Å². The van der Waals surface area contributed by atoms with Gasteiger partial charge in [0.2, 0.25) is 5.91 Å². The zero-order valence-corrected chi connectivity index (χ0v) is 16.0. The zero-order chi connectivity index (χ0) is 17.9. The van der Waals surface area contributed by atoms with Crippen LogP contribution in [0.15, 0.2) is 58.9 Å². The van der Waals surface area contributed by atoms with E-state index in [1.165, 1.54) is 34.4 Å². The molecule has 0 unspecified atom stereocenters. The summed E-state index contributed by atoms with van der Waals surface area (Å²) in [6, 6.07) is 17.6. The maximum absolute atomic E-state index is 12.2. The lowest BCUT2D eigenvalue weighted by Gasteiger charge is -1.99. The SMILES string of the molecule is Nc1sc(SCC(=O)Nc2nc3ccccc3s2)nc1-c1ccccc1. The number of nitrogen functional groups attached to an aromatic ring is 1. The molecule has 0 saturated carbocycles. The van der Waals surface area contributed by atoms with E-state index in [0.717, 1.165) is 25.8 Å². The lowest BCUT2D eigenvalue weighted by Crippen LogP contribution is -2.13. The van der Waals surface area contributed by atoms with E-state index >= 15 is 0 Å². The molecule has 2 aromatic heterocycles. The van der Waals surface area contributed by atoms with Gasteiger partial charge in [-0.3, -0.25) is 4.79 Å². The Labute approximate surface area is 162 Å². The summed E-state index contributed by atoms with van der Waals surface area (Å²) in [6.07, 6.45) is 0. The minimum absolute atomic E-state index is 0.107. The van der Waals surface area contributed by atoms with Gasteiger partial charge in [0.1, 0.15) is 10.7 Å². The maximum Gasteiger partial charge on any atom is 0.236 e. The quantitative estimate of drug-likeness (QED) is 0.475. The van der Waals surface area contributed by atoms with Crippen molar-refractivity contribution in [1.29, 1.82) is 0 Å². The van der Waals surface area contributed by atoms with Crippen LogP contribution in [-0.4, -0.2) is 21.6 Å². The van der Waals surface area contributed by atoms with Gasteiger partial charge in [0.05, 0.1) is 16.0 Å². The number of aromatic nitrogens is 2. The number of carbonyl (C=O) groups is 1. The molecule has 8 heteroatoms. The van der Waals surface area contributed by atoms with E-state index in [0.29, 0.717) is 10.1 Å². The first kappa shape index (κ1) is 17.0. The summed E-state index contributed by atoms with van der Waals surface area (Å²) in [4.78, 5) is 21.2. The molecule has 130 valence electrons. The average Bonchev–Trinajstić information content (AvgIpc) is 3.23. The van der Waals surface area contributed by atoms with Crippen molar-refractivity contribution in [2.45, 2.75) is 4.34 Å². The van der Waals surface area contributed by atoms with Crippen molar-refractivity contribution in [3.8, 4) is 11.3 Å². The molecular formula is C18H14N4OS3. The van der Waals surface area contributed by atoms with Crippen molar-refractivity contribution >= 4 is 60.7 Å². The molecule has 0 aliphatic rings. The smallest absolute Gasteiger partial charge is 0.236 e. The predicted octanol–water partition coefficient (Wildman–Crippen LogP) is 4.73. The minimum Gasteiger partial charge on any atom is -0.389 e. The number of rotatable bonds is 5. The largest absolute Gasteiger partial charge is 0.389 e. The number of para-hydroxylation sites is 1. The van der Waals surface area contributed by atoms with Crippen molar-refractivity contribution in [2.24, 2.45) is 0 Å². The number of nitrogens with two attached hydrogens (primary N) is 1. The lowest BCUT2D eigenvalue weighted by molar-refractivity contribution is -0.113. The molecule has 2 heterocycles. The molecule has 0 fully saturated rings. The highest BCUT2D eigenvalue weighted by Crippen LogP contribution is 2.35. The van der Waals surface area contributed by atoms with Crippen LogP contribution in [0.3, 0.4) is 0 Å². The van der Waals surface area contributed by atoms with Crippen LogP contribution in [0.4, 0.5) is 10.1 Å². The Morgan fingerprint density at radius 1 is 1.04 bits per heavy atom. The van der Waals surface area contributed by atoms with Crippen LogP contribution in [-0.2, 0) is 4.79 Å². The Morgan fingerprint density at radius 2 is 1.81 bits per heavy atom. The van der Waals surface area contributed by atoms with Gasteiger partial charge in [-0.1, -0.05) is 76.9 Å². The molecule has 0 bridgehead atoms. The Kier molecular flexibility index (Phi) is 4.87. The number of fused-ring (bicyclic) bond motifs is 1. The number of anilines is 2. The third-order valence-corrected chi connectivity index (χ3v) is 6.53. The number of thioether (sulfide) groups is 1. The third kappa shape index (κ3) is 3.72. The van der Waals surface area contributed by atoms with Crippen molar-refractivity contribution < 1.29 is 4.79 Å². The van der Waals surface area contributed by atoms with Gasteiger partial charge in [-0.2, -0.15) is 0 Å². The highest BCUT2D eigenvalue weighted by atomic mass is 32.2. The fourth-order valence-electron chi connectivity index (χ4n) is 2.38. The van der Waals surface area contributed by atoms with Crippen LogP contribution in [0.1, 0.15) is 0 Å². The van der Waals surface area contributed by atoms with Gasteiger partial charge in [-0.15, -0.1) is 0 Å². The lowest BCUT2D eigenvalue weighted by atomic mass is 10.2. The monoisotopic (exact) mass is 398 g/mol. The summed E-state index contributed by atoms with van der Waals surface area (Å²) in [7, 11) is 0. The molecule has 4 aromatic rings. The van der Waals surface area contributed by atoms with E-state index in [1.54, 1.807) is 0 Å². The second-order valence-electron chi connectivity index (χ2n) is 5.38. The summed E-state index contributed by atoms with van der Waals surface area (Å²) < 4.78 is 1.83. The van der Waals surface area contributed by atoms with Gasteiger partial charge in [0.15, 0.2) is 9.47 Å². The Bertz CT molecular complexity index is 1030. The number of nitrogens with one attached hydrogen (secondary N) is 1. The number of hydrogen-bond acceptors (Lipinski definition) is 7. The first-order chi connectivity index (χ1) is 12.7. The van der Waals surface area contributed by atoms with Crippen molar-refractivity contribution in [2.75, 3.05) is 16.8 Å².